The lowest BCUT2D eigenvalue weighted by molar-refractivity contribution is -0.644. The van der Waals surface area contributed by atoms with Gasteiger partial charge in [0.2, 0.25) is 5.52 Å². The molecule has 0 spiro atoms. The molecule has 0 aliphatic carbocycles. The van der Waals surface area contributed by atoms with Crippen molar-refractivity contribution in [3.8, 4) is 11.1 Å². The van der Waals surface area contributed by atoms with E-state index in [0.717, 1.165) is 0 Å². The van der Waals surface area contributed by atoms with Crippen LogP contribution in [0.15, 0.2) is 60.8 Å². The largest absolute Gasteiger partial charge is 1.00 e. The number of nitrogens with zero attached hydrogens (tertiary/aromatic N) is 2. The van der Waals surface area contributed by atoms with E-state index in [1.807, 2.05) is 0 Å². The average Bonchev–Trinajstić information content (AvgIpc) is 2.47. The summed E-state index contributed by atoms with van der Waals surface area (Å²) in [4.78, 5) is 2.20. The first-order chi connectivity index (χ1) is 9.68. The Hall–Kier alpha value is -1.62. The van der Waals surface area contributed by atoms with Crippen molar-refractivity contribution in [2.24, 2.45) is 7.05 Å². The molecule has 1 aromatic heterocycles. The van der Waals surface area contributed by atoms with Gasteiger partial charge in [0, 0.05) is 20.2 Å². The van der Waals surface area contributed by atoms with Crippen LogP contribution in [0.25, 0.3) is 22.0 Å². The van der Waals surface area contributed by atoms with E-state index in [4.69, 9.17) is 0 Å². The summed E-state index contributed by atoms with van der Waals surface area (Å²) in [6, 6.07) is 19.1. The lowest BCUT2D eigenvalue weighted by Crippen LogP contribution is -3.00. The molecule has 2 nitrogen and oxygen atoms in total. The van der Waals surface area contributed by atoms with Gasteiger partial charge in [0.25, 0.3) is 0 Å². The zero-order valence-corrected chi connectivity index (χ0v) is 14.7. The Balaban J connectivity index is 0.00000161. The average molecular weight is 390 g/mol. The highest BCUT2D eigenvalue weighted by atomic mass is 127. The molecule has 0 radical (unpaired) electrons. The van der Waals surface area contributed by atoms with Gasteiger partial charge in [-0.15, -0.1) is 0 Å². The van der Waals surface area contributed by atoms with Gasteiger partial charge in [-0.3, -0.25) is 0 Å². The number of aryl methyl sites for hydroxylation is 1. The van der Waals surface area contributed by atoms with Gasteiger partial charge in [-0.2, -0.15) is 0 Å². The zero-order chi connectivity index (χ0) is 14.1. The van der Waals surface area contributed by atoms with E-state index in [0.29, 0.717) is 0 Å². The smallest absolute Gasteiger partial charge is 0.214 e. The fourth-order valence-corrected chi connectivity index (χ4v) is 2.76. The Morgan fingerprint density at radius 3 is 2.14 bits per heavy atom. The third kappa shape index (κ3) is 2.88. The van der Waals surface area contributed by atoms with Crippen molar-refractivity contribution in [1.29, 1.82) is 0 Å². The Bertz CT molecular complexity index is 752. The second-order valence-electron chi connectivity index (χ2n) is 5.28. The minimum Gasteiger partial charge on any atom is -1.00 e. The molecule has 3 rings (SSSR count). The number of hydrogen-bond donors (Lipinski definition) is 0. The van der Waals surface area contributed by atoms with Crippen molar-refractivity contribution in [1.82, 2.24) is 0 Å². The highest BCUT2D eigenvalue weighted by Gasteiger charge is 2.18. The first-order valence-electron chi connectivity index (χ1n) is 6.82. The molecule has 0 amide bonds. The highest BCUT2D eigenvalue weighted by molar-refractivity contribution is 5.97. The molecule has 0 saturated carbocycles. The molecule has 0 unspecified atom stereocenters. The van der Waals surface area contributed by atoms with Crippen molar-refractivity contribution in [2.45, 2.75) is 0 Å². The number of hydrogen-bond acceptors (Lipinski definition) is 1. The first kappa shape index (κ1) is 15.8. The molecule has 0 saturated heterocycles. The van der Waals surface area contributed by atoms with E-state index >= 15 is 0 Å². The van der Waals surface area contributed by atoms with Crippen molar-refractivity contribution in [3.05, 3.63) is 60.8 Å². The molecule has 0 atom stereocenters. The van der Waals surface area contributed by atoms with Crippen LogP contribution in [0.4, 0.5) is 5.69 Å². The minimum absolute atomic E-state index is 0. The van der Waals surface area contributed by atoms with Gasteiger partial charge in [0.15, 0.2) is 6.20 Å². The van der Waals surface area contributed by atoms with Gasteiger partial charge < -0.3 is 28.9 Å². The van der Waals surface area contributed by atoms with Crippen LogP contribution < -0.4 is 33.4 Å². The number of rotatable bonds is 2. The normalized spacial score (nSPS) is 10.2. The summed E-state index contributed by atoms with van der Waals surface area (Å²) in [5.74, 6) is 0. The maximum atomic E-state index is 2.22. The second-order valence-corrected chi connectivity index (χ2v) is 5.28. The molecule has 108 valence electrons. The van der Waals surface area contributed by atoms with Crippen LogP contribution in [0.2, 0.25) is 0 Å². The van der Waals surface area contributed by atoms with Crippen LogP contribution in [0.3, 0.4) is 0 Å². The van der Waals surface area contributed by atoms with Crippen LogP contribution in [0, 0.1) is 0 Å². The van der Waals surface area contributed by atoms with Gasteiger partial charge in [-0.25, -0.2) is 4.57 Å². The summed E-state index contributed by atoms with van der Waals surface area (Å²) in [6.45, 7) is 0. The number of benzene rings is 2. The molecule has 0 aliphatic heterocycles. The van der Waals surface area contributed by atoms with E-state index in [9.17, 15) is 0 Å². The van der Waals surface area contributed by atoms with E-state index in [1.165, 1.54) is 27.7 Å². The first-order valence-corrected chi connectivity index (χ1v) is 6.82. The minimum atomic E-state index is 0. The van der Waals surface area contributed by atoms with Gasteiger partial charge in [0.05, 0.1) is 16.6 Å². The third-order valence-electron chi connectivity index (χ3n) is 3.65. The summed E-state index contributed by atoms with van der Waals surface area (Å²) in [5, 5.41) is 1.28. The molecule has 0 bridgehead atoms. The molecule has 2 aromatic carbocycles. The van der Waals surface area contributed by atoms with Crippen molar-refractivity contribution >= 4 is 16.6 Å². The van der Waals surface area contributed by atoms with Crippen LogP contribution in [0.1, 0.15) is 0 Å². The highest BCUT2D eigenvalue weighted by Crippen LogP contribution is 2.34. The summed E-state index contributed by atoms with van der Waals surface area (Å²) in [7, 11) is 6.32. The summed E-state index contributed by atoms with van der Waals surface area (Å²) in [5.41, 5.74) is 5.02. The van der Waals surface area contributed by atoms with Crippen molar-refractivity contribution in [3.63, 3.8) is 0 Å². The predicted octanol–water partition coefficient (Wildman–Crippen LogP) is 0.401. The molecule has 3 aromatic rings. The maximum absolute atomic E-state index is 2.22. The maximum Gasteiger partial charge on any atom is 0.214 e. The van der Waals surface area contributed by atoms with Crippen LogP contribution in [0.5, 0.6) is 0 Å². The van der Waals surface area contributed by atoms with Gasteiger partial charge in [0.1, 0.15) is 7.05 Å². The van der Waals surface area contributed by atoms with Crippen LogP contribution >= 0.6 is 0 Å². The molecule has 0 fully saturated rings. The van der Waals surface area contributed by atoms with Crippen molar-refractivity contribution < 1.29 is 28.5 Å². The number of para-hydroxylation sites is 1. The topological polar surface area (TPSA) is 7.12 Å². The summed E-state index contributed by atoms with van der Waals surface area (Å²) >= 11 is 0. The Morgan fingerprint density at radius 1 is 0.857 bits per heavy atom. The van der Waals surface area contributed by atoms with Crippen LogP contribution in [-0.2, 0) is 7.05 Å². The summed E-state index contributed by atoms with van der Waals surface area (Å²) in [6.07, 6.45) is 2.22. The van der Waals surface area contributed by atoms with Gasteiger partial charge in [-0.1, -0.05) is 42.5 Å². The molecule has 1 heterocycles. The van der Waals surface area contributed by atoms with Crippen molar-refractivity contribution in [2.75, 3.05) is 19.0 Å². The monoisotopic (exact) mass is 390 g/mol. The van der Waals surface area contributed by atoms with Gasteiger partial charge in [-0.05, 0) is 11.6 Å². The molecule has 3 heteroatoms. The number of fused-ring (bicyclic) bond motifs is 1. The number of pyridine rings is 1. The van der Waals surface area contributed by atoms with E-state index in [1.54, 1.807) is 0 Å². The lowest BCUT2D eigenvalue weighted by Gasteiger charge is -2.18. The predicted molar refractivity (Wildman–Crippen MR) is 84.9 cm³/mol. The SMILES string of the molecule is CN(C)c1c(-c2ccccc2)c[n+](C)c2ccccc12.[I-]. The molecule has 0 aliphatic rings. The molecular weight excluding hydrogens is 371 g/mol. The fraction of sp³-hybridized carbons (Fsp3) is 0.167. The Labute approximate surface area is 143 Å². The molecular formula is C18H19IN2. The Morgan fingerprint density at radius 2 is 1.48 bits per heavy atom. The third-order valence-corrected chi connectivity index (χ3v) is 3.65. The quantitative estimate of drug-likeness (QED) is 0.454. The Kier molecular flexibility index (Phi) is 4.83. The van der Waals surface area contributed by atoms with E-state index < -0.39 is 0 Å². The summed E-state index contributed by atoms with van der Waals surface area (Å²) < 4.78 is 2.20. The van der Waals surface area contributed by atoms with Gasteiger partial charge >= 0.3 is 0 Å². The zero-order valence-electron chi connectivity index (χ0n) is 12.5. The van der Waals surface area contributed by atoms with Crippen LogP contribution in [-0.4, -0.2) is 14.1 Å². The number of aromatic nitrogens is 1. The lowest BCUT2D eigenvalue weighted by atomic mass is 10.0. The van der Waals surface area contributed by atoms with E-state index in [-0.39, 0.29) is 24.0 Å². The standard InChI is InChI=1S/C18H19N2.HI/c1-19(2)18-15-11-7-8-12-17(15)20(3)13-16(18)14-9-5-4-6-10-14;/h4-13H,1-3H3;1H/q+1;/p-1. The molecule has 21 heavy (non-hydrogen) atoms. The second kappa shape index (κ2) is 6.43. The fourth-order valence-electron chi connectivity index (χ4n) is 2.76. The molecule has 0 N–H and O–H groups in total. The number of anilines is 1. The van der Waals surface area contributed by atoms with E-state index in [2.05, 4.69) is 91.4 Å². The number of halogens is 1.